The number of carbonyl (C=O) groups excluding carboxylic acids is 1. The van der Waals surface area contributed by atoms with Gasteiger partial charge in [-0.1, -0.05) is 13.8 Å². The summed E-state index contributed by atoms with van der Waals surface area (Å²) in [6.07, 6.45) is -6.92. The maximum absolute atomic E-state index is 12.2. The molecule has 32 heavy (non-hydrogen) atoms. The Morgan fingerprint density at radius 2 is 1.81 bits per heavy atom. The van der Waals surface area contributed by atoms with Crippen molar-refractivity contribution in [3.05, 3.63) is 11.8 Å². The largest absolute Gasteiger partial charge is 0.462 e. The number of fused-ring (bicyclic) bond motifs is 1. The molecule has 11 nitrogen and oxygen atoms in total. The van der Waals surface area contributed by atoms with Gasteiger partial charge in [0.1, 0.15) is 24.4 Å². The van der Waals surface area contributed by atoms with E-state index < -0.39 is 67.5 Å². The number of esters is 1. The second-order valence-corrected chi connectivity index (χ2v) is 9.13. The Morgan fingerprint density at radius 1 is 1.09 bits per heavy atom. The van der Waals surface area contributed by atoms with Crippen molar-refractivity contribution in [2.24, 2.45) is 23.7 Å². The average molecular weight is 462 g/mol. The van der Waals surface area contributed by atoms with E-state index in [9.17, 15) is 35.4 Å². The summed E-state index contributed by atoms with van der Waals surface area (Å²) in [5.41, 5.74) is 0.595. The van der Waals surface area contributed by atoms with Crippen molar-refractivity contribution in [2.45, 2.75) is 69.8 Å². The van der Waals surface area contributed by atoms with Gasteiger partial charge in [-0.05, 0) is 23.8 Å². The summed E-state index contributed by atoms with van der Waals surface area (Å²) in [4.78, 5) is 12.2. The van der Waals surface area contributed by atoms with E-state index in [-0.39, 0.29) is 31.5 Å². The molecule has 184 valence electrons. The van der Waals surface area contributed by atoms with Crippen LogP contribution in [0.2, 0.25) is 0 Å². The molecule has 2 heterocycles. The monoisotopic (exact) mass is 462 g/mol. The molecule has 1 aliphatic carbocycles. The minimum atomic E-state index is -1.56. The molecule has 0 bridgehead atoms. The van der Waals surface area contributed by atoms with Crippen molar-refractivity contribution in [2.75, 3.05) is 19.8 Å². The van der Waals surface area contributed by atoms with Crippen LogP contribution in [0.3, 0.4) is 0 Å². The molecular weight excluding hydrogens is 428 g/mol. The van der Waals surface area contributed by atoms with Crippen molar-refractivity contribution in [3.63, 3.8) is 0 Å². The predicted molar refractivity (Wildman–Crippen MR) is 106 cm³/mol. The molecule has 0 aromatic carbocycles. The van der Waals surface area contributed by atoms with Crippen LogP contribution < -0.4 is 0 Å². The van der Waals surface area contributed by atoms with Gasteiger partial charge in [0.15, 0.2) is 6.29 Å². The quantitative estimate of drug-likeness (QED) is 0.225. The molecule has 0 aromatic heterocycles. The Bertz CT molecular complexity index is 666. The van der Waals surface area contributed by atoms with E-state index in [1.54, 1.807) is 0 Å². The SMILES string of the molecule is CC(C)CC(=O)O[C@@H]1OC=C(CO[C@@H]2O[C@@H](CO)[C@@H](O)[C@@H](O)[C@@H]2O)[C@H]2C[C@H](O)[C@H](CO)[C@H]12. The highest BCUT2D eigenvalue weighted by Gasteiger charge is 2.52. The van der Waals surface area contributed by atoms with Crippen molar-refractivity contribution in [1.82, 2.24) is 0 Å². The molecule has 3 rings (SSSR count). The van der Waals surface area contributed by atoms with Gasteiger partial charge < -0.3 is 49.6 Å². The highest BCUT2D eigenvalue weighted by atomic mass is 16.7. The Labute approximate surface area is 186 Å². The molecule has 0 aromatic rings. The van der Waals surface area contributed by atoms with Gasteiger partial charge in [0, 0.05) is 24.9 Å². The van der Waals surface area contributed by atoms with Crippen molar-refractivity contribution < 1.29 is 54.4 Å². The van der Waals surface area contributed by atoms with E-state index in [1.807, 2.05) is 13.8 Å². The Hall–Kier alpha value is -1.31. The number of hydrogen-bond acceptors (Lipinski definition) is 11. The summed E-state index contributed by atoms with van der Waals surface area (Å²) in [5.74, 6) is -1.71. The molecule has 2 fully saturated rings. The molecule has 3 aliphatic rings. The fraction of sp³-hybridized carbons (Fsp3) is 0.857. The summed E-state index contributed by atoms with van der Waals surface area (Å²) < 4.78 is 22.1. The molecule has 1 saturated heterocycles. The standard InChI is InChI=1S/C21H34O11/c1-9(2)3-15(25)32-20-16-11(4-13(24)12(16)5-22)10(7-29-20)8-30-21-19(28)18(27)17(26)14(6-23)31-21/h7,9,11-14,16-24,26-28H,3-6,8H2,1-2H3/t11-,12+,13+,14+,16-,17-,18-,19+,20+,21-/m1/s1. The first-order valence-electron chi connectivity index (χ1n) is 10.9. The van der Waals surface area contributed by atoms with E-state index in [1.165, 1.54) is 6.26 Å². The third-order valence-corrected chi connectivity index (χ3v) is 6.39. The van der Waals surface area contributed by atoms with Gasteiger partial charge in [-0.2, -0.15) is 0 Å². The van der Waals surface area contributed by atoms with Crippen LogP contribution in [-0.4, -0.2) is 99.5 Å². The lowest BCUT2D eigenvalue weighted by molar-refractivity contribution is -0.299. The van der Waals surface area contributed by atoms with E-state index >= 15 is 0 Å². The summed E-state index contributed by atoms with van der Waals surface area (Å²) in [7, 11) is 0. The highest BCUT2D eigenvalue weighted by molar-refractivity contribution is 5.69. The van der Waals surface area contributed by atoms with Crippen LogP contribution >= 0.6 is 0 Å². The first-order valence-corrected chi connectivity index (χ1v) is 10.9. The number of aliphatic hydroxyl groups is 6. The van der Waals surface area contributed by atoms with Crippen LogP contribution in [0, 0.1) is 23.7 Å². The summed E-state index contributed by atoms with van der Waals surface area (Å²) in [6.45, 7) is 2.77. The molecule has 10 atom stereocenters. The van der Waals surface area contributed by atoms with E-state index in [2.05, 4.69) is 0 Å². The van der Waals surface area contributed by atoms with Crippen LogP contribution in [0.4, 0.5) is 0 Å². The number of aliphatic hydroxyl groups excluding tert-OH is 6. The number of ether oxygens (including phenoxy) is 4. The first kappa shape index (κ1) is 25.3. The van der Waals surface area contributed by atoms with E-state index in [4.69, 9.17) is 18.9 Å². The van der Waals surface area contributed by atoms with Crippen LogP contribution in [0.1, 0.15) is 26.7 Å². The number of rotatable bonds is 8. The average Bonchev–Trinajstić information content (AvgIpc) is 3.08. The lowest BCUT2D eigenvalue weighted by Gasteiger charge is -2.40. The van der Waals surface area contributed by atoms with Gasteiger partial charge in [-0.3, -0.25) is 4.79 Å². The fourth-order valence-corrected chi connectivity index (χ4v) is 4.65. The summed E-state index contributed by atoms with van der Waals surface area (Å²) in [5, 5.41) is 59.5. The Morgan fingerprint density at radius 3 is 2.44 bits per heavy atom. The Kier molecular flexibility index (Phi) is 8.50. The van der Waals surface area contributed by atoms with Crippen molar-refractivity contribution in [1.29, 1.82) is 0 Å². The van der Waals surface area contributed by atoms with Gasteiger partial charge in [0.05, 0.1) is 25.6 Å². The molecule has 0 amide bonds. The van der Waals surface area contributed by atoms with Gasteiger partial charge in [-0.15, -0.1) is 0 Å². The molecule has 0 radical (unpaired) electrons. The second-order valence-electron chi connectivity index (χ2n) is 9.13. The Balaban J connectivity index is 1.70. The zero-order chi connectivity index (χ0) is 23.6. The van der Waals surface area contributed by atoms with Crippen molar-refractivity contribution >= 4 is 5.97 Å². The molecule has 2 aliphatic heterocycles. The minimum absolute atomic E-state index is 0.0998. The topological polar surface area (TPSA) is 175 Å². The smallest absolute Gasteiger partial charge is 0.309 e. The molecule has 6 N–H and O–H groups in total. The van der Waals surface area contributed by atoms with Crippen LogP contribution in [0.5, 0.6) is 0 Å². The summed E-state index contributed by atoms with van der Waals surface area (Å²) in [6, 6.07) is 0. The summed E-state index contributed by atoms with van der Waals surface area (Å²) >= 11 is 0. The lowest BCUT2D eigenvalue weighted by atomic mass is 9.83. The van der Waals surface area contributed by atoms with Gasteiger partial charge in [0.25, 0.3) is 0 Å². The van der Waals surface area contributed by atoms with Gasteiger partial charge in [-0.25, -0.2) is 0 Å². The number of hydrogen-bond donors (Lipinski definition) is 6. The zero-order valence-corrected chi connectivity index (χ0v) is 18.2. The van der Waals surface area contributed by atoms with Crippen molar-refractivity contribution in [3.8, 4) is 0 Å². The maximum atomic E-state index is 12.2. The lowest BCUT2D eigenvalue weighted by Crippen LogP contribution is -2.59. The molecule has 1 saturated carbocycles. The molecular formula is C21H34O11. The molecule has 11 heteroatoms. The fourth-order valence-electron chi connectivity index (χ4n) is 4.65. The second kappa shape index (κ2) is 10.7. The molecule has 0 unspecified atom stereocenters. The number of carbonyl (C=O) groups is 1. The normalized spacial score (nSPS) is 41.7. The zero-order valence-electron chi connectivity index (χ0n) is 18.2. The van der Waals surface area contributed by atoms with E-state index in [0.29, 0.717) is 12.0 Å². The maximum Gasteiger partial charge on any atom is 0.309 e. The van der Waals surface area contributed by atoms with Gasteiger partial charge >= 0.3 is 5.97 Å². The predicted octanol–water partition coefficient (Wildman–Crippen LogP) is -1.76. The molecule has 0 spiro atoms. The van der Waals surface area contributed by atoms with E-state index in [0.717, 1.165) is 0 Å². The third kappa shape index (κ3) is 5.26. The first-order chi connectivity index (χ1) is 15.2. The van der Waals surface area contributed by atoms with Crippen LogP contribution in [-0.2, 0) is 23.7 Å². The van der Waals surface area contributed by atoms with Gasteiger partial charge in [0.2, 0.25) is 6.29 Å². The van der Waals surface area contributed by atoms with Crippen LogP contribution in [0.25, 0.3) is 0 Å². The third-order valence-electron chi connectivity index (χ3n) is 6.39. The minimum Gasteiger partial charge on any atom is -0.462 e. The van der Waals surface area contributed by atoms with Crippen LogP contribution in [0.15, 0.2) is 11.8 Å². The highest BCUT2D eigenvalue weighted by Crippen LogP contribution is 2.47.